The van der Waals surface area contributed by atoms with Gasteiger partial charge in [0.25, 0.3) is 0 Å². The van der Waals surface area contributed by atoms with E-state index in [1.807, 2.05) is 36.0 Å². The van der Waals surface area contributed by atoms with E-state index >= 15 is 0 Å². The van der Waals surface area contributed by atoms with Gasteiger partial charge in [-0.2, -0.15) is 0 Å². The van der Waals surface area contributed by atoms with E-state index in [1.165, 1.54) is 11.1 Å². The van der Waals surface area contributed by atoms with Crippen LogP contribution in [0.25, 0.3) is 0 Å². The third-order valence-electron chi connectivity index (χ3n) is 4.17. The van der Waals surface area contributed by atoms with Crippen LogP contribution in [0.3, 0.4) is 0 Å². The Labute approximate surface area is 171 Å². The molecule has 2 atom stereocenters. The number of hydrogen-bond donors (Lipinski definition) is 0. The van der Waals surface area contributed by atoms with Gasteiger partial charge in [-0.15, -0.1) is 35.9 Å². The third kappa shape index (κ3) is 6.11. The molecule has 0 radical (unpaired) electrons. The predicted molar refractivity (Wildman–Crippen MR) is 118 cm³/mol. The van der Waals surface area contributed by atoms with Crippen LogP contribution in [0, 0.1) is 0 Å². The van der Waals surface area contributed by atoms with E-state index in [-0.39, 0.29) is 12.4 Å². The Morgan fingerprint density at radius 2 is 1.35 bits per heavy atom. The highest BCUT2D eigenvalue weighted by atomic mass is 35.5. The molecule has 0 amide bonds. The van der Waals surface area contributed by atoms with Crippen molar-refractivity contribution in [3.63, 3.8) is 0 Å². The molecule has 2 aromatic carbocycles. The number of thioether (sulfide) groups is 2. The lowest BCUT2D eigenvalue weighted by molar-refractivity contribution is 0.746. The van der Waals surface area contributed by atoms with Crippen molar-refractivity contribution in [1.82, 2.24) is 9.55 Å². The second-order valence-electron chi connectivity index (χ2n) is 6.07. The molecule has 0 saturated heterocycles. The van der Waals surface area contributed by atoms with Crippen LogP contribution in [0.15, 0.2) is 79.4 Å². The topological polar surface area (TPSA) is 17.8 Å². The molecular formula is C21H25ClN2S2. The monoisotopic (exact) mass is 404 g/mol. The summed E-state index contributed by atoms with van der Waals surface area (Å²) >= 11 is 4.07. The Kier molecular flexibility index (Phi) is 8.63. The summed E-state index contributed by atoms with van der Waals surface area (Å²) in [4.78, 5) is 4.19. The highest BCUT2D eigenvalue weighted by Gasteiger charge is 2.20. The van der Waals surface area contributed by atoms with E-state index in [1.54, 1.807) is 0 Å². The minimum absolute atomic E-state index is 0. The quantitative estimate of drug-likeness (QED) is 0.393. The van der Waals surface area contributed by atoms with Crippen LogP contribution in [0.2, 0.25) is 0 Å². The molecule has 0 N–H and O–H groups in total. The van der Waals surface area contributed by atoms with Crippen LogP contribution in [0.4, 0.5) is 0 Å². The number of benzene rings is 2. The van der Waals surface area contributed by atoms with Crippen LogP contribution in [0.1, 0.15) is 35.5 Å². The van der Waals surface area contributed by atoms with Crippen molar-refractivity contribution >= 4 is 35.9 Å². The van der Waals surface area contributed by atoms with Crippen molar-refractivity contribution in [1.29, 1.82) is 0 Å². The van der Waals surface area contributed by atoms with Gasteiger partial charge in [0, 0.05) is 29.4 Å². The first-order chi connectivity index (χ1) is 12.2. The molecule has 0 aliphatic heterocycles. The maximum absolute atomic E-state index is 4.19. The van der Waals surface area contributed by atoms with E-state index in [0.29, 0.717) is 15.1 Å². The van der Waals surface area contributed by atoms with E-state index in [2.05, 4.69) is 90.3 Å². The second kappa shape index (κ2) is 10.7. The van der Waals surface area contributed by atoms with Crippen LogP contribution in [-0.4, -0.2) is 14.1 Å². The van der Waals surface area contributed by atoms with Crippen molar-refractivity contribution in [3.05, 3.63) is 90.5 Å². The molecule has 3 aromatic rings. The molecular weight excluding hydrogens is 380 g/mol. The molecule has 0 bridgehead atoms. The van der Waals surface area contributed by atoms with Gasteiger partial charge in [-0.3, -0.25) is 0 Å². The van der Waals surface area contributed by atoms with Crippen LogP contribution >= 0.6 is 35.9 Å². The summed E-state index contributed by atoms with van der Waals surface area (Å²) < 4.78 is 2.64. The van der Waals surface area contributed by atoms with E-state index in [4.69, 9.17) is 0 Å². The largest absolute Gasteiger partial charge is 0.336 e. The van der Waals surface area contributed by atoms with Gasteiger partial charge in [0.05, 0.1) is 10.9 Å². The molecule has 2 unspecified atom stereocenters. The molecule has 2 nitrogen and oxygen atoms in total. The molecule has 0 saturated carbocycles. The molecule has 138 valence electrons. The number of halogens is 1. The fourth-order valence-corrected chi connectivity index (χ4v) is 6.06. The van der Waals surface area contributed by atoms with Crippen LogP contribution in [0.5, 0.6) is 0 Å². The Morgan fingerprint density at radius 3 is 1.77 bits per heavy atom. The lowest BCUT2D eigenvalue weighted by Gasteiger charge is -2.24. The predicted octanol–water partition coefficient (Wildman–Crippen LogP) is 6.62. The Morgan fingerprint density at radius 1 is 0.846 bits per heavy atom. The van der Waals surface area contributed by atoms with Gasteiger partial charge in [0.1, 0.15) is 0 Å². The first-order valence-corrected chi connectivity index (χ1v) is 10.5. The average molecular weight is 405 g/mol. The summed E-state index contributed by atoms with van der Waals surface area (Å²) in [5, 5.41) is 0.926. The molecule has 1 heterocycles. The first kappa shape index (κ1) is 20.9. The minimum Gasteiger partial charge on any atom is -0.336 e. The number of hydrogen-bond acceptors (Lipinski definition) is 3. The number of aromatic nitrogens is 2. The molecule has 3 rings (SSSR count). The van der Waals surface area contributed by atoms with Gasteiger partial charge >= 0.3 is 0 Å². The summed E-state index contributed by atoms with van der Waals surface area (Å²) in [7, 11) is 0. The average Bonchev–Trinajstić information content (AvgIpc) is 3.16. The van der Waals surface area contributed by atoms with E-state index < -0.39 is 0 Å². The van der Waals surface area contributed by atoms with Gasteiger partial charge in [-0.1, -0.05) is 60.7 Å². The molecule has 0 fully saturated rings. The molecule has 26 heavy (non-hydrogen) atoms. The maximum Gasteiger partial charge on any atom is 0.0946 e. The molecule has 5 heteroatoms. The zero-order valence-electron chi connectivity index (χ0n) is 15.1. The number of rotatable bonds is 8. The van der Waals surface area contributed by atoms with Gasteiger partial charge < -0.3 is 4.57 Å². The maximum atomic E-state index is 4.19. The lowest BCUT2D eigenvalue weighted by atomic mass is 10.2. The molecule has 0 aliphatic carbocycles. The molecule has 0 spiro atoms. The van der Waals surface area contributed by atoms with Crippen molar-refractivity contribution in [2.45, 2.75) is 35.5 Å². The summed E-state index contributed by atoms with van der Waals surface area (Å²) in [6, 6.07) is 21.5. The van der Waals surface area contributed by atoms with Gasteiger partial charge in [-0.05, 0) is 25.0 Å². The Balaban J connectivity index is 0.00000243. The van der Waals surface area contributed by atoms with Gasteiger partial charge in [-0.25, -0.2) is 4.98 Å². The smallest absolute Gasteiger partial charge is 0.0946 e. The van der Waals surface area contributed by atoms with Gasteiger partial charge in [0.2, 0.25) is 0 Å². The lowest BCUT2D eigenvalue weighted by Crippen LogP contribution is -2.11. The standard InChI is InChI=1S/C21H24N2S2.ClH/c1-17(19-9-5-3-6-10-19)24-21(15-23-14-13-22-16-23)25-18(2)20-11-7-4-8-12-20;/h3-14,16-18,21H,15H2,1-2H3;1H. The Hall–Kier alpha value is -1.36. The zero-order chi connectivity index (χ0) is 17.5. The fraction of sp³-hybridized carbons (Fsp3) is 0.286. The second-order valence-corrected chi connectivity index (χ2v) is 9.46. The highest BCUT2D eigenvalue weighted by Crippen LogP contribution is 2.43. The number of nitrogens with zero attached hydrogens (tertiary/aromatic N) is 2. The highest BCUT2D eigenvalue weighted by molar-refractivity contribution is 8.17. The first-order valence-electron chi connectivity index (χ1n) is 8.59. The summed E-state index contributed by atoms with van der Waals surface area (Å²) in [6.07, 6.45) is 5.82. The SMILES string of the molecule is CC(SC(Cn1ccnc1)SC(C)c1ccccc1)c1ccccc1.Cl. The summed E-state index contributed by atoms with van der Waals surface area (Å²) in [5.41, 5.74) is 2.77. The molecule has 1 aromatic heterocycles. The van der Waals surface area contributed by atoms with Gasteiger partial charge in [0.15, 0.2) is 0 Å². The van der Waals surface area contributed by atoms with E-state index in [9.17, 15) is 0 Å². The summed E-state index contributed by atoms with van der Waals surface area (Å²) in [6.45, 7) is 5.56. The van der Waals surface area contributed by atoms with Crippen molar-refractivity contribution in [3.8, 4) is 0 Å². The van der Waals surface area contributed by atoms with Crippen LogP contribution < -0.4 is 0 Å². The molecule has 0 aliphatic rings. The normalized spacial score (nSPS) is 14.2. The van der Waals surface area contributed by atoms with Crippen molar-refractivity contribution in [2.75, 3.05) is 0 Å². The third-order valence-corrected chi connectivity index (χ3v) is 7.10. The zero-order valence-corrected chi connectivity index (χ0v) is 17.5. The fourth-order valence-electron chi connectivity index (χ4n) is 2.75. The van der Waals surface area contributed by atoms with Crippen LogP contribution in [-0.2, 0) is 6.54 Å². The summed E-state index contributed by atoms with van der Waals surface area (Å²) in [5.74, 6) is 0. The van der Waals surface area contributed by atoms with E-state index in [0.717, 1.165) is 6.54 Å². The minimum atomic E-state index is 0. The van der Waals surface area contributed by atoms with Crippen molar-refractivity contribution < 1.29 is 0 Å². The van der Waals surface area contributed by atoms with Crippen molar-refractivity contribution in [2.24, 2.45) is 0 Å². The Bertz CT molecular complexity index is 688. The number of imidazole rings is 1.